The first kappa shape index (κ1) is 13.8. The first-order valence-electron chi connectivity index (χ1n) is 6.52. The highest BCUT2D eigenvalue weighted by Crippen LogP contribution is 2.28. The molecule has 0 heterocycles. The number of nitrogen functional groups attached to an aromatic ring is 1. The molecule has 1 amide bonds. The number of aliphatic hydroxyl groups is 1. The summed E-state index contributed by atoms with van der Waals surface area (Å²) in [6.45, 7) is 2.60. The zero-order valence-corrected chi connectivity index (χ0v) is 11.4. The Balaban J connectivity index is 2.02. The number of carbonyl (C=O) groups is 1. The lowest BCUT2D eigenvalue weighted by molar-refractivity contribution is 0.0265. The predicted molar refractivity (Wildman–Crippen MR) is 74.7 cm³/mol. The Hall–Kier alpha value is -1.59. The van der Waals surface area contributed by atoms with E-state index in [2.05, 4.69) is 5.43 Å². The molecule has 2 rings (SSSR count). The SMILES string of the molecule is Cc1cc(NN)ccc1C(=O)N(C)CC1CC(O)C1. The number of hydrogen-bond acceptors (Lipinski definition) is 4. The van der Waals surface area contributed by atoms with Crippen LogP contribution in [0.15, 0.2) is 18.2 Å². The van der Waals surface area contributed by atoms with E-state index in [0.29, 0.717) is 18.0 Å². The number of anilines is 1. The molecule has 1 saturated carbocycles. The van der Waals surface area contributed by atoms with Gasteiger partial charge in [0.25, 0.3) is 5.91 Å². The third-order valence-corrected chi connectivity index (χ3v) is 3.71. The summed E-state index contributed by atoms with van der Waals surface area (Å²) in [4.78, 5) is 14.1. The van der Waals surface area contributed by atoms with Gasteiger partial charge in [0.1, 0.15) is 0 Å². The molecule has 19 heavy (non-hydrogen) atoms. The lowest BCUT2D eigenvalue weighted by Gasteiger charge is -2.34. The summed E-state index contributed by atoms with van der Waals surface area (Å²) in [6, 6.07) is 5.44. The molecule has 1 aromatic carbocycles. The van der Waals surface area contributed by atoms with Crippen LogP contribution in [0.3, 0.4) is 0 Å². The minimum Gasteiger partial charge on any atom is -0.393 e. The summed E-state index contributed by atoms with van der Waals surface area (Å²) in [5.41, 5.74) is 4.96. The zero-order chi connectivity index (χ0) is 14.0. The Morgan fingerprint density at radius 2 is 2.21 bits per heavy atom. The van der Waals surface area contributed by atoms with Crippen molar-refractivity contribution < 1.29 is 9.90 Å². The van der Waals surface area contributed by atoms with Crippen LogP contribution in [-0.2, 0) is 0 Å². The van der Waals surface area contributed by atoms with Crippen molar-refractivity contribution in [1.82, 2.24) is 4.90 Å². The van der Waals surface area contributed by atoms with Crippen molar-refractivity contribution in [2.24, 2.45) is 11.8 Å². The average Bonchev–Trinajstić information content (AvgIpc) is 2.35. The van der Waals surface area contributed by atoms with Crippen molar-refractivity contribution in [3.8, 4) is 0 Å². The smallest absolute Gasteiger partial charge is 0.253 e. The molecule has 1 aliphatic rings. The molecule has 4 N–H and O–H groups in total. The summed E-state index contributed by atoms with van der Waals surface area (Å²) < 4.78 is 0. The maximum Gasteiger partial charge on any atom is 0.253 e. The molecule has 0 aromatic heterocycles. The van der Waals surface area contributed by atoms with Crippen molar-refractivity contribution in [3.05, 3.63) is 29.3 Å². The molecule has 0 saturated heterocycles. The number of nitrogens with one attached hydrogen (secondary N) is 1. The van der Waals surface area contributed by atoms with E-state index in [-0.39, 0.29) is 12.0 Å². The highest BCUT2D eigenvalue weighted by atomic mass is 16.3. The van der Waals surface area contributed by atoms with Crippen LogP contribution >= 0.6 is 0 Å². The molecule has 0 spiro atoms. The summed E-state index contributed by atoms with van der Waals surface area (Å²) in [5, 5.41) is 9.27. The fourth-order valence-corrected chi connectivity index (χ4v) is 2.52. The predicted octanol–water partition coefficient (Wildman–Crippen LogP) is 1.12. The molecule has 0 radical (unpaired) electrons. The highest BCUT2D eigenvalue weighted by molar-refractivity contribution is 5.95. The van der Waals surface area contributed by atoms with E-state index in [9.17, 15) is 9.90 Å². The van der Waals surface area contributed by atoms with Crippen molar-refractivity contribution in [2.75, 3.05) is 19.0 Å². The quantitative estimate of drug-likeness (QED) is 0.562. The van der Waals surface area contributed by atoms with E-state index >= 15 is 0 Å². The Morgan fingerprint density at radius 3 is 2.74 bits per heavy atom. The van der Waals surface area contributed by atoms with Crippen molar-refractivity contribution >= 4 is 11.6 Å². The number of hydrogen-bond donors (Lipinski definition) is 3. The van der Waals surface area contributed by atoms with Crippen LogP contribution in [0.1, 0.15) is 28.8 Å². The Kier molecular flexibility index (Phi) is 4.07. The van der Waals surface area contributed by atoms with Crippen LogP contribution in [0, 0.1) is 12.8 Å². The summed E-state index contributed by atoms with van der Waals surface area (Å²) in [6.07, 6.45) is 1.42. The number of rotatable bonds is 4. The first-order valence-corrected chi connectivity index (χ1v) is 6.52. The molecule has 0 atom stereocenters. The molecule has 1 fully saturated rings. The van der Waals surface area contributed by atoms with E-state index in [0.717, 1.165) is 24.1 Å². The molecular weight excluding hydrogens is 242 g/mol. The average molecular weight is 263 g/mol. The second kappa shape index (κ2) is 5.59. The maximum atomic E-state index is 12.3. The van der Waals surface area contributed by atoms with E-state index in [4.69, 9.17) is 5.84 Å². The van der Waals surface area contributed by atoms with E-state index in [1.165, 1.54) is 0 Å². The van der Waals surface area contributed by atoms with Gasteiger partial charge in [-0.2, -0.15) is 0 Å². The standard InChI is InChI=1S/C14H21N3O2/c1-9-5-11(16-15)3-4-13(9)14(19)17(2)8-10-6-12(18)7-10/h3-5,10,12,16,18H,6-8,15H2,1-2H3. The number of carbonyl (C=O) groups excluding carboxylic acids is 1. The van der Waals surface area contributed by atoms with Crippen molar-refractivity contribution in [1.29, 1.82) is 0 Å². The van der Waals surface area contributed by atoms with Crippen LogP contribution in [0.25, 0.3) is 0 Å². The number of amides is 1. The topological polar surface area (TPSA) is 78.6 Å². The molecule has 1 aliphatic carbocycles. The van der Waals surface area contributed by atoms with Crippen molar-refractivity contribution in [3.63, 3.8) is 0 Å². The molecule has 1 aromatic rings. The van der Waals surface area contributed by atoms with Crippen LogP contribution in [0.5, 0.6) is 0 Å². The second-order valence-corrected chi connectivity index (χ2v) is 5.35. The normalized spacial score (nSPS) is 21.7. The van der Waals surface area contributed by atoms with Gasteiger partial charge in [-0.25, -0.2) is 0 Å². The number of hydrazine groups is 1. The minimum atomic E-state index is -0.176. The zero-order valence-electron chi connectivity index (χ0n) is 11.4. The first-order chi connectivity index (χ1) is 9.01. The summed E-state index contributed by atoms with van der Waals surface area (Å²) >= 11 is 0. The van der Waals surface area contributed by atoms with Gasteiger partial charge in [0.15, 0.2) is 0 Å². The molecule has 5 heteroatoms. The lowest BCUT2D eigenvalue weighted by atomic mass is 9.82. The van der Waals surface area contributed by atoms with Gasteiger partial charge in [-0.3, -0.25) is 10.6 Å². The largest absolute Gasteiger partial charge is 0.393 e. The van der Waals surface area contributed by atoms with Gasteiger partial charge in [0.05, 0.1) is 6.10 Å². The van der Waals surface area contributed by atoms with Gasteiger partial charge in [0, 0.05) is 24.8 Å². The van der Waals surface area contributed by atoms with E-state index < -0.39 is 0 Å². The number of aryl methyl sites for hydroxylation is 1. The maximum absolute atomic E-state index is 12.3. The molecule has 0 bridgehead atoms. The van der Waals surface area contributed by atoms with Crippen LogP contribution in [0.2, 0.25) is 0 Å². The Labute approximate surface area is 113 Å². The fraction of sp³-hybridized carbons (Fsp3) is 0.500. The summed E-state index contributed by atoms with van der Waals surface area (Å²) in [7, 11) is 1.81. The third kappa shape index (κ3) is 3.05. The van der Waals surface area contributed by atoms with Crippen LogP contribution in [0.4, 0.5) is 5.69 Å². The van der Waals surface area contributed by atoms with Gasteiger partial charge < -0.3 is 15.4 Å². The van der Waals surface area contributed by atoms with Gasteiger partial charge in [0.2, 0.25) is 0 Å². The van der Waals surface area contributed by atoms with E-state index in [1.54, 1.807) is 17.0 Å². The second-order valence-electron chi connectivity index (χ2n) is 5.35. The van der Waals surface area contributed by atoms with Crippen LogP contribution in [-0.4, -0.2) is 35.6 Å². The lowest BCUT2D eigenvalue weighted by Crippen LogP contribution is -2.39. The number of nitrogens with zero attached hydrogens (tertiary/aromatic N) is 1. The van der Waals surface area contributed by atoms with Gasteiger partial charge in [-0.15, -0.1) is 0 Å². The molecule has 0 aliphatic heterocycles. The van der Waals surface area contributed by atoms with E-state index in [1.807, 2.05) is 20.0 Å². The summed E-state index contributed by atoms with van der Waals surface area (Å²) in [5.74, 6) is 5.78. The highest BCUT2D eigenvalue weighted by Gasteiger charge is 2.29. The van der Waals surface area contributed by atoms with Gasteiger partial charge in [-0.1, -0.05) is 0 Å². The van der Waals surface area contributed by atoms with Gasteiger partial charge in [-0.05, 0) is 49.4 Å². The number of benzene rings is 1. The Morgan fingerprint density at radius 1 is 1.53 bits per heavy atom. The number of nitrogens with two attached hydrogens (primary N) is 1. The monoisotopic (exact) mass is 263 g/mol. The molecule has 5 nitrogen and oxygen atoms in total. The van der Waals surface area contributed by atoms with Crippen LogP contribution < -0.4 is 11.3 Å². The molecule has 0 unspecified atom stereocenters. The minimum absolute atomic E-state index is 0.0162. The number of aliphatic hydroxyl groups excluding tert-OH is 1. The molecule has 104 valence electrons. The fourth-order valence-electron chi connectivity index (χ4n) is 2.52. The molecular formula is C14H21N3O2. The third-order valence-electron chi connectivity index (χ3n) is 3.71. The van der Waals surface area contributed by atoms with Gasteiger partial charge >= 0.3 is 0 Å². The van der Waals surface area contributed by atoms with Crippen molar-refractivity contribution in [2.45, 2.75) is 25.9 Å². The Bertz CT molecular complexity index is 470.